The predicted octanol–water partition coefficient (Wildman–Crippen LogP) is 4.60. The Labute approximate surface area is 194 Å². The summed E-state index contributed by atoms with van der Waals surface area (Å²) in [7, 11) is 0. The SMILES string of the molecule is O=c1c2ccccc2c(=O)n2n1/C(=N/O)C(c1ccc(-c3ccccc3)cc1)c1ccccc1-2. The van der Waals surface area contributed by atoms with Crippen LogP contribution in [-0.4, -0.2) is 20.4 Å². The second-order valence-corrected chi connectivity index (χ2v) is 8.22. The molecule has 2 heterocycles. The Balaban J connectivity index is 1.61. The zero-order valence-electron chi connectivity index (χ0n) is 18.0. The molecule has 4 aromatic carbocycles. The Kier molecular flexibility index (Phi) is 4.52. The lowest BCUT2D eigenvalue weighted by Crippen LogP contribution is -2.47. The van der Waals surface area contributed by atoms with Gasteiger partial charge in [0.1, 0.15) is 0 Å². The van der Waals surface area contributed by atoms with E-state index in [-0.39, 0.29) is 16.8 Å². The molecule has 5 aromatic rings. The van der Waals surface area contributed by atoms with Crippen LogP contribution in [0.5, 0.6) is 0 Å². The van der Waals surface area contributed by atoms with Crippen molar-refractivity contribution in [2.24, 2.45) is 5.16 Å². The quantitative estimate of drug-likeness (QED) is 0.319. The minimum atomic E-state index is -0.538. The predicted molar refractivity (Wildman–Crippen MR) is 132 cm³/mol. The van der Waals surface area contributed by atoms with Gasteiger partial charge in [0.25, 0.3) is 11.1 Å². The third kappa shape index (κ3) is 2.85. The number of hydrogen-bond acceptors (Lipinski definition) is 4. The van der Waals surface area contributed by atoms with Gasteiger partial charge in [-0.2, -0.15) is 4.68 Å². The average molecular weight is 445 g/mol. The molecule has 1 N–H and O–H groups in total. The number of oxime groups is 1. The van der Waals surface area contributed by atoms with Gasteiger partial charge >= 0.3 is 0 Å². The molecule has 1 aliphatic heterocycles. The van der Waals surface area contributed by atoms with Crippen LogP contribution in [0.3, 0.4) is 0 Å². The summed E-state index contributed by atoms with van der Waals surface area (Å²) in [6, 6.07) is 32.1. The monoisotopic (exact) mass is 445 g/mol. The van der Waals surface area contributed by atoms with Crippen molar-refractivity contribution in [3.8, 4) is 16.8 Å². The fourth-order valence-corrected chi connectivity index (χ4v) is 4.80. The molecule has 1 aliphatic rings. The van der Waals surface area contributed by atoms with Crippen molar-refractivity contribution in [3.05, 3.63) is 135 Å². The Hall–Kier alpha value is -4.71. The van der Waals surface area contributed by atoms with E-state index in [1.54, 1.807) is 30.3 Å². The van der Waals surface area contributed by atoms with Crippen LogP contribution < -0.4 is 11.1 Å². The van der Waals surface area contributed by atoms with Crippen molar-refractivity contribution in [3.63, 3.8) is 0 Å². The molecule has 0 saturated carbocycles. The minimum Gasteiger partial charge on any atom is -0.409 e. The van der Waals surface area contributed by atoms with E-state index in [1.807, 2.05) is 72.8 Å². The second-order valence-electron chi connectivity index (χ2n) is 8.22. The molecule has 0 spiro atoms. The van der Waals surface area contributed by atoms with Crippen LogP contribution in [0.4, 0.5) is 0 Å². The van der Waals surface area contributed by atoms with Crippen LogP contribution in [0.15, 0.2) is 118 Å². The summed E-state index contributed by atoms with van der Waals surface area (Å²) in [6.07, 6.45) is 0. The average Bonchev–Trinajstić information content (AvgIpc) is 2.91. The maximum absolute atomic E-state index is 13.5. The van der Waals surface area contributed by atoms with Crippen molar-refractivity contribution in [1.82, 2.24) is 9.36 Å². The summed E-state index contributed by atoms with van der Waals surface area (Å²) >= 11 is 0. The number of fused-ring (bicyclic) bond motifs is 4. The highest BCUT2D eigenvalue weighted by atomic mass is 16.4. The van der Waals surface area contributed by atoms with Gasteiger partial charge in [0.15, 0.2) is 5.84 Å². The Morgan fingerprint density at radius 3 is 1.85 bits per heavy atom. The second kappa shape index (κ2) is 7.71. The van der Waals surface area contributed by atoms with Crippen molar-refractivity contribution < 1.29 is 5.21 Å². The summed E-state index contributed by atoms with van der Waals surface area (Å²) in [6.45, 7) is 0. The largest absolute Gasteiger partial charge is 0.409 e. The van der Waals surface area contributed by atoms with Gasteiger partial charge < -0.3 is 5.21 Å². The number of para-hydroxylation sites is 1. The summed E-state index contributed by atoms with van der Waals surface area (Å²) in [5, 5.41) is 14.3. The first-order chi connectivity index (χ1) is 16.7. The molecule has 164 valence electrons. The van der Waals surface area contributed by atoms with E-state index in [0.29, 0.717) is 11.1 Å². The van der Waals surface area contributed by atoms with Crippen LogP contribution in [0.25, 0.3) is 27.6 Å². The molecule has 0 saturated heterocycles. The van der Waals surface area contributed by atoms with Crippen molar-refractivity contribution >= 4 is 16.6 Å². The highest BCUT2D eigenvalue weighted by Gasteiger charge is 2.34. The number of hydrogen-bond donors (Lipinski definition) is 1. The van der Waals surface area contributed by atoms with Gasteiger partial charge in [0, 0.05) is 0 Å². The normalized spacial score (nSPS) is 15.8. The third-order valence-corrected chi connectivity index (χ3v) is 6.38. The van der Waals surface area contributed by atoms with Crippen molar-refractivity contribution in [1.29, 1.82) is 0 Å². The van der Waals surface area contributed by atoms with Crippen molar-refractivity contribution in [2.75, 3.05) is 0 Å². The molecule has 6 nitrogen and oxygen atoms in total. The molecule has 1 unspecified atom stereocenters. The maximum atomic E-state index is 13.5. The van der Waals surface area contributed by atoms with Gasteiger partial charge in [-0.1, -0.05) is 90.1 Å². The van der Waals surface area contributed by atoms with Crippen LogP contribution >= 0.6 is 0 Å². The Morgan fingerprint density at radius 2 is 1.18 bits per heavy atom. The van der Waals surface area contributed by atoms with Crippen LogP contribution in [-0.2, 0) is 0 Å². The van der Waals surface area contributed by atoms with Gasteiger partial charge in [-0.25, -0.2) is 4.68 Å². The number of nitrogens with zero attached hydrogens (tertiary/aromatic N) is 3. The van der Waals surface area contributed by atoms with E-state index < -0.39 is 11.5 Å². The Bertz CT molecular complexity index is 1700. The first-order valence-electron chi connectivity index (χ1n) is 10.9. The van der Waals surface area contributed by atoms with E-state index in [4.69, 9.17) is 0 Å². The fourth-order valence-electron chi connectivity index (χ4n) is 4.80. The standard InChI is InChI=1S/C28H19N3O3/c32-27-21-10-4-5-11-22(21)28(33)31-26(29-34)25(23-12-6-7-13-24(23)30(27)31)20-16-14-19(15-17-20)18-8-2-1-3-9-18/h1-17,25,34H/b29-26+. The van der Waals surface area contributed by atoms with Gasteiger partial charge in [-0.15, -0.1) is 0 Å². The minimum absolute atomic E-state index is 0.0824. The molecule has 34 heavy (non-hydrogen) atoms. The van der Waals surface area contributed by atoms with E-state index in [0.717, 1.165) is 22.3 Å². The molecule has 6 heteroatoms. The Morgan fingerprint density at radius 1 is 0.618 bits per heavy atom. The van der Waals surface area contributed by atoms with Gasteiger partial charge in [0.05, 0.1) is 22.4 Å². The van der Waals surface area contributed by atoms with Crippen LogP contribution in [0.1, 0.15) is 17.0 Å². The summed E-state index contributed by atoms with van der Waals surface area (Å²) < 4.78 is 2.51. The molecular formula is C28H19N3O3. The molecule has 0 fully saturated rings. The smallest absolute Gasteiger partial charge is 0.279 e. The molecular weight excluding hydrogens is 426 g/mol. The molecule has 0 aliphatic carbocycles. The third-order valence-electron chi connectivity index (χ3n) is 6.38. The lowest BCUT2D eigenvalue weighted by atomic mass is 9.86. The highest BCUT2D eigenvalue weighted by Crippen LogP contribution is 2.35. The number of aromatic nitrogens is 2. The van der Waals surface area contributed by atoms with E-state index in [2.05, 4.69) is 5.16 Å². The number of rotatable bonds is 2. The molecule has 0 amide bonds. The molecule has 0 radical (unpaired) electrons. The number of benzene rings is 4. The zero-order chi connectivity index (χ0) is 23.2. The van der Waals surface area contributed by atoms with E-state index in [9.17, 15) is 14.8 Å². The topological polar surface area (TPSA) is 76.6 Å². The maximum Gasteiger partial charge on any atom is 0.279 e. The van der Waals surface area contributed by atoms with Gasteiger partial charge in [-0.05, 0) is 40.5 Å². The molecule has 6 rings (SSSR count). The first-order valence-corrected chi connectivity index (χ1v) is 10.9. The summed E-state index contributed by atoms with van der Waals surface area (Å²) in [5.41, 5.74) is 3.59. The van der Waals surface area contributed by atoms with Gasteiger partial charge in [0.2, 0.25) is 0 Å². The summed E-state index contributed by atoms with van der Waals surface area (Å²) in [5.74, 6) is -0.455. The molecule has 1 atom stereocenters. The molecule has 0 bridgehead atoms. The van der Waals surface area contributed by atoms with Crippen LogP contribution in [0.2, 0.25) is 0 Å². The zero-order valence-corrected chi connectivity index (χ0v) is 18.0. The van der Waals surface area contributed by atoms with E-state index in [1.165, 1.54) is 9.36 Å². The molecule has 1 aromatic heterocycles. The highest BCUT2D eigenvalue weighted by molar-refractivity contribution is 5.97. The van der Waals surface area contributed by atoms with Crippen molar-refractivity contribution in [2.45, 2.75) is 5.92 Å². The first kappa shape index (κ1) is 19.9. The van der Waals surface area contributed by atoms with E-state index >= 15 is 0 Å². The fraction of sp³-hybridized carbons (Fsp3) is 0.0357. The van der Waals surface area contributed by atoms with Gasteiger partial charge in [-0.3, -0.25) is 9.59 Å². The lowest BCUT2D eigenvalue weighted by Gasteiger charge is -2.31. The summed E-state index contributed by atoms with van der Waals surface area (Å²) in [4.78, 5) is 27.0. The lowest BCUT2D eigenvalue weighted by molar-refractivity contribution is 0.312. The van der Waals surface area contributed by atoms with Crippen LogP contribution in [0, 0.1) is 0 Å².